The van der Waals surface area contributed by atoms with Crippen molar-refractivity contribution in [3.63, 3.8) is 0 Å². The van der Waals surface area contributed by atoms with E-state index in [1.54, 1.807) is 0 Å². The van der Waals surface area contributed by atoms with Gasteiger partial charge in [0, 0.05) is 18.5 Å². The van der Waals surface area contributed by atoms with Crippen molar-refractivity contribution in [1.29, 1.82) is 0 Å². The van der Waals surface area contributed by atoms with Crippen molar-refractivity contribution in [1.82, 2.24) is 0 Å². The molecule has 1 heteroatoms. The van der Waals surface area contributed by atoms with Crippen molar-refractivity contribution < 1.29 is 5.94 Å². The quantitative estimate of drug-likeness (QED) is 0.419. The molecule has 152 valence electrons. The van der Waals surface area contributed by atoms with Gasteiger partial charge in [0.1, 0.15) is 7.05 Å². The van der Waals surface area contributed by atoms with E-state index in [-0.39, 0.29) is 5.41 Å². The number of hydrogen-bond acceptors (Lipinski definition) is 0. The van der Waals surface area contributed by atoms with Crippen LogP contribution in [0.3, 0.4) is 0 Å². The summed E-state index contributed by atoms with van der Waals surface area (Å²) < 4.78 is 11.1. The van der Waals surface area contributed by atoms with Crippen LogP contribution in [0, 0.1) is 19.3 Å². The van der Waals surface area contributed by atoms with Gasteiger partial charge in [-0.25, -0.2) is 0 Å². The summed E-state index contributed by atoms with van der Waals surface area (Å²) in [6, 6.07) is 14.5. The van der Waals surface area contributed by atoms with Crippen LogP contribution < -0.4 is 4.57 Å². The van der Waals surface area contributed by atoms with E-state index in [4.69, 9.17) is 1.37 Å². The summed E-state index contributed by atoms with van der Waals surface area (Å²) in [6.45, 7) is 11.1. The Morgan fingerprint density at radius 3 is 2.45 bits per heavy atom. The van der Waals surface area contributed by atoms with Gasteiger partial charge in [0.25, 0.3) is 0 Å². The Balaban J connectivity index is 1.94. The van der Waals surface area contributed by atoms with Crippen molar-refractivity contribution >= 4 is 10.8 Å². The smallest absolute Gasteiger partial charge is 0.198 e. The van der Waals surface area contributed by atoms with Crippen LogP contribution >= 0.6 is 0 Å². The molecule has 1 nitrogen and oxygen atoms in total. The summed E-state index contributed by atoms with van der Waals surface area (Å²) in [6.07, 6.45) is 6.36. The molecule has 29 heavy (non-hydrogen) atoms. The largest absolute Gasteiger partial charge is 0.220 e. The monoisotopic (exact) mass is 387 g/mol. The summed E-state index contributed by atoms with van der Waals surface area (Å²) in [7, 11) is 2.12. The minimum Gasteiger partial charge on any atom is -0.198 e. The first-order valence-electron chi connectivity index (χ1n) is 11.7. The van der Waals surface area contributed by atoms with E-state index in [0.29, 0.717) is 12.0 Å². The molecule has 0 unspecified atom stereocenters. The van der Waals surface area contributed by atoms with Gasteiger partial charge in [-0.15, -0.1) is 0 Å². The van der Waals surface area contributed by atoms with Gasteiger partial charge in [-0.3, -0.25) is 0 Å². The van der Waals surface area contributed by atoms with Crippen molar-refractivity contribution in [2.24, 2.45) is 12.5 Å². The zero-order valence-electron chi connectivity index (χ0n) is 20.0. The van der Waals surface area contributed by atoms with Gasteiger partial charge in [-0.2, -0.15) is 4.57 Å². The third kappa shape index (κ3) is 4.10. The number of hydrogen-bond donors (Lipinski definition) is 0. The van der Waals surface area contributed by atoms with Crippen LogP contribution in [0.15, 0.2) is 42.4 Å². The lowest BCUT2D eigenvalue weighted by molar-refractivity contribution is -0.665. The summed E-state index contributed by atoms with van der Waals surface area (Å²) in [5, 5.41) is 2.27. The zero-order valence-corrected chi connectivity index (χ0v) is 19.0. The number of aromatic nitrogens is 1. The Kier molecular flexibility index (Phi) is 4.94. The second kappa shape index (κ2) is 7.59. The predicted molar refractivity (Wildman–Crippen MR) is 124 cm³/mol. The summed E-state index contributed by atoms with van der Waals surface area (Å²) in [5.74, 6) is 0.704. The summed E-state index contributed by atoms with van der Waals surface area (Å²) in [4.78, 5) is 0. The predicted octanol–water partition coefficient (Wildman–Crippen LogP) is 7.19. The van der Waals surface area contributed by atoms with Gasteiger partial charge in [0.05, 0.1) is 6.76 Å². The number of fused-ring (bicyclic) bond motifs is 1. The average Bonchev–Trinajstić information content (AvgIpc) is 3.22. The maximum absolute atomic E-state index is 8.83. The fourth-order valence-corrected chi connectivity index (χ4v) is 4.98. The Bertz CT molecular complexity index is 1100. The Morgan fingerprint density at radius 1 is 1.03 bits per heavy atom. The maximum atomic E-state index is 8.83. The number of rotatable bonds is 3. The van der Waals surface area contributed by atoms with Crippen molar-refractivity contribution in [3.8, 4) is 11.3 Å². The normalized spacial score (nSPS) is 15.9. The molecule has 1 heterocycles. The van der Waals surface area contributed by atoms with Gasteiger partial charge >= 0.3 is 0 Å². The first-order valence-corrected chi connectivity index (χ1v) is 11.2. The molecule has 1 fully saturated rings. The molecule has 2 aromatic carbocycles. The first kappa shape index (κ1) is 18.9. The highest BCUT2D eigenvalue weighted by Gasteiger charge is 2.23. The lowest BCUT2D eigenvalue weighted by Crippen LogP contribution is -2.35. The van der Waals surface area contributed by atoms with Gasteiger partial charge in [-0.1, -0.05) is 57.9 Å². The standard InChI is InChI=1S/C28H36N/c1-19-11-13-23(22-9-7-8-10-22)17-26(19)27-25-14-12-21(18-28(3,4)5)16-24(25)15-20(2)29(27)6/h11-17,22H,7-10,18H2,1-6H3/q+1/i15D. The van der Waals surface area contributed by atoms with Crippen LogP contribution in [-0.4, -0.2) is 0 Å². The van der Waals surface area contributed by atoms with E-state index < -0.39 is 0 Å². The number of aryl methyl sites for hydroxylation is 1. The van der Waals surface area contributed by atoms with Crippen LogP contribution in [0.4, 0.5) is 0 Å². The lowest BCUT2D eigenvalue weighted by Gasteiger charge is -2.19. The van der Waals surface area contributed by atoms with E-state index in [1.807, 2.05) is 0 Å². The molecule has 0 amide bonds. The molecule has 0 radical (unpaired) electrons. The molecule has 1 aliphatic carbocycles. The molecule has 0 spiro atoms. The van der Waals surface area contributed by atoms with E-state index in [2.05, 4.69) is 82.6 Å². The van der Waals surface area contributed by atoms with Crippen LogP contribution in [0.2, 0.25) is 0 Å². The topological polar surface area (TPSA) is 3.88 Å². The molecule has 0 bridgehead atoms. The molecular formula is C28H36N+. The van der Waals surface area contributed by atoms with E-state index in [1.165, 1.54) is 59.0 Å². The van der Waals surface area contributed by atoms with Crippen molar-refractivity contribution in [2.45, 2.75) is 72.6 Å². The van der Waals surface area contributed by atoms with Crippen LogP contribution in [0.5, 0.6) is 0 Å². The SMILES string of the molecule is [2H]c1c(C)[n+](C)c(-c2cc(C3CCCC3)ccc2C)c2ccc(CC(C)(C)C)cc12. The highest BCUT2D eigenvalue weighted by atomic mass is 14.9. The molecule has 0 atom stereocenters. The van der Waals surface area contributed by atoms with E-state index in [0.717, 1.165) is 17.5 Å². The molecule has 0 saturated heterocycles. The summed E-state index contributed by atoms with van der Waals surface area (Å²) in [5.41, 5.74) is 7.94. The third-order valence-electron chi connectivity index (χ3n) is 6.57. The second-order valence-electron chi connectivity index (χ2n) is 10.3. The molecule has 1 aliphatic rings. The Hall–Kier alpha value is -2.15. The molecule has 4 rings (SSSR count). The zero-order chi connectivity index (χ0) is 21.6. The first-order chi connectivity index (χ1) is 14.2. The fraction of sp³-hybridized carbons (Fsp3) is 0.464. The van der Waals surface area contributed by atoms with Gasteiger partial charge < -0.3 is 0 Å². The molecule has 0 aliphatic heterocycles. The van der Waals surface area contributed by atoms with Gasteiger partial charge in [0.2, 0.25) is 5.69 Å². The van der Waals surface area contributed by atoms with E-state index in [9.17, 15) is 0 Å². The van der Waals surface area contributed by atoms with Gasteiger partial charge in [-0.05, 0) is 71.7 Å². The lowest BCUT2D eigenvalue weighted by atomic mass is 9.87. The van der Waals surface area contributed by atoms with E-state index >= 15 is 0 Å². The maximum Gasteiger partial charge on any atom is 0.220 e. The average molecular weight is 388 g/mol. The highest BCUT2D eigenvalue weighted by molar-refractivity contribution is 5.94. The van der Waals surface area contributed by atoms with Gasteiger partial charge in [0.15, 0.2) is 5.69 Å². The third-order valence-corrected chi connectivity index (χ3v) is 6.57. The van der Waals surface area contributed by atoms with Crippen molar-refractivity contribution in [3.05, 3.63) is 64.8 Å². The van der Waals surface area contributed by atoms with Crippen LogP contribution in [0.1, 0.15) is 76.1 Å². The molecule has 1 aromatic heterocycles. The number of nitrogens with zero attached hydrogens (tertiary/aromatic N) is 1. The van der Waals surface area contributed by atoms with Crippen molar-refractivity contribution in [2.75, 3.05) is 0 Å². The minimum absolute atomic E-state index is 0.236. The molecular weight excluding hydrogens is 350 g/mol. The molecule has 1 saturated carbocycles. The summed E-state index contributed by atoms with van der Waals surface area (Å²) >= 11 is 0. The number of benzene rings is 2. The molecule has 3 aromatic rings. The fourth-order valence-electron chi connectivity index (χ4n) is 4.98. The second-order valence-corrected chi connectivity index (χ2v) is 10.3. The highest BCUT2D eigenvalue weighted by Crippen LogP contribution is 2.37. The van der Waals surface area contributed by atoms with Crippen LogP contribution in [0.25, 0.3) is 22.0 Å². The Labute approximate surface area is 178 Å². The minimum atomic E-state index is 0.236. The molecule has 0 N–H and O–H groups in total. The number of pyridine rings is 1. The van der Waals surface area contributed by atoms with Crippen LogP contribution in [-0.2, 0) is 13.5 Å². The Morgan fingerprint density at radius 2 is 1.76 bits per heavy atom.